The molecule has 20 heavy (non-hydrogen) atoms. The van der Waals surface area contributed by atoms with Gasteiger partial charge in [-0.05, 0) is 30.7 Å². The molecule has 1 saturated heterocycles. The van der Waals surface area contributed by atoms with Gasteiger partial charge in [0.15, 0.2) is 0 Å². The maximum absolute atomic E-state index is 14.1. The zero-order valence-electron chi connectivity index (χ0n) is 10.7. The summed E-state index contributed by atoms with van der Waals surface area (Å²) in [5.74, 6) is -0.758. The lowest BCUT2D eigenvalue weighted by Gasteiger charge is -2.16. The number of halogens is 1. The molecule has 104 valence electrons. The first-order valence-corrected chi connectivity index (χ1v) is 6.42. The van der Waals surface area contributed by atoms with Crippen molar-refractivity contribution in [2.45, 2.75) is 12.5 Å². The summed E-state index contributed by atoms with van der Waals surface area (Å²) >= 11 is 0. The van der Waals surface area contributed by atoms with E-state index in [1.165, 1.54) is 21.7 Å². The van der Waals surface area contributed by atoms with Crippen LogP contribution in [0.2, 0.25) is 0 Å². The Kier molecular flexibility index (Phi) is 3.23. The molecule has 5 nitrogen and oxygen atoms in total. The minimum Gasteiger partial charge on any atom is -0.391 e. The number of hydrogen-bond acceptors (Lipinski definition) is 3. The molecule has 2 aromatic rings. The van der Waals surface area contributed by atoms with Crippen LogP contribution in [0.25, 0.3) is 5.69 Å². The number of nitrogens with zero attached hydrogens (tertiary/aromatic N) is 3. The highest BCUT2D eigenvalue weighted by molar-refractivity contribution is 5.94. The van der Waals surface area contributed by atoms with E-state index < -0.39 is 11.9 Å². The Morgan fingerprint density at radius 2 is 2.30 bits per heavy atom. The molecule has 0 saturated carbocycles. The highest BCUT2D eigenvalue weighted by atomic mass is 19.1. The van der Waals surface area contributed by atoms with Gasteiger partial charge in [-0.3, -0.25) is 4.79 Å². The van der Waals surface area contributed by atoms with Crippen LogP contribution < -0.4 is 0 Å². The van der Waals surface area contributed by atoms with E-state index in [1.807, 2.05) is 0 Å². The molecular formula is C14H14FN3O2. The van der Waals surface area contributed by atoms with Crippen LogP contribution in [0.3, 0.4) is 0 Å². The van der Waals surface area contributed by atoms with E-state index in [2.05, 4.69) is 5.10 Å². The SMILES string of the molecule is O=C(c1ccc(-n2cccn2)c(F)c1)N1CC[C@@H](O)C1. The Hall–Kier alpha value is -2.21. The van der Waals surface area contributed by atoms with E-state index in [0.717, 1.165) is 0 Å². The summed E-state index contributed by atoms with van der Waals surface area (Å²) in [6.45, 7) is 0.809. The molecule has 0 bridgehead atoms. The number of aliphatic hydroxyl groups is 1. The van der Waals surface area contributed by atoms with Crippen molar-refractivity contribution in [1.29, 1.82) is 0 Å². The average molecular weight is 275 g/mol. The molecular weight excluding hydrogens is 261 g/mol. The average Bonchev–Trinajstić information content (AvgIpc) is 3.09. The molecule has 0 unspecified atom stereocenters. The number of likely N-dealkylation sites (tertiary alicyclic amines) is 1. The van der Waals surface area contributed by atoms with Gasteiger partial charge in [-0.15, -0.1) is 0 Å². The Labute approximate surface area is 115 Å². The third kappa shape index (κ3) is 2.30. The predicted octanol–water partition coefficient (Wildman–Crippen LogP) is 1.22. The van der Waals surface area contributed by atoms with Crippen LogP contribution in [0, 0.1) is 5.82 Å². The van der Waals surface area contributed by atoms with Gasteiger partial charge in [-0.1, -0.05) is 0 Å². The molecule has 6 heteroatoms. The van der Waals surface area contributed by atoms with Gasteiger partial charge in [-0.2, -0.15) is 5.10 Å². The van der Waals surface area contributed by atoms with Crippen LogP contribution in [0.4, 0.5) is 4.39 Å². The van der Waals surface area contributed by atoms with E-state index in [1.54, 1.807) is 24.5 Å². The molecule has 1 aliphatic heterocycles. The van der Waals surface area contributed by atoms with Gasteiger partial charge >= 0.3 is 0 Å². The standard InChI is InChI=1S/C14H14FN3O2/c15-12-8-10(14(20)17-7-4-11(19)9-17)2-3-13(12)18-6-1-5-16-18/h1-3,5-6,8,11,19H,4,7,9H2/t11-/m1/s1. The number of benzene rings is 1. The minimum absolute atomic E-state index is 0.257. The van der Waals surface area contributed by atoms with Crippen molar-refractivity contribution in [1.82, 2.24) is 14.7 Å². The van der Waals surface area contributed by atoms with Crippen molar-refractivity contribution < 1.29 is 14.3 Å². The molecule has 1 amide bonds. The first-order chi connectivity index (χ1) is 9.65. The molecule has 1 aliphatic rings. The van der Waals surface area contributed by atoms with Crippen molar-refractivity contribution in [2.24, 2.45) is 0 Å². The van der Waals surface area contributed by atoms with Crippen LogP contribution in [-0.2, 0) is 0 Å². The Morgan fingerprint density at radius 1 is 1.45 bits per heavy atom. The second-order valence-corrected chi connectivity index (χ2v) is 4.81. The van der Waals surface area contributed by atoms with Gasteiger partial charge in [0.25, 0.3) is 5.91 Å². The van der Waals surface area contributed by atoms with Crippen molar-refractivity contribution >= 4 is 5.91 Å². The molecule has 1 aromatic heterocycles. The fourth-order valence-corrected chi connectivity index (χ4v) is 2.35. The maximum atomic E-state index is 14.1. The summed E-state index contributed by atoms with van der Waals surface area (Å²) < 4.78 is 15.5. The van der Waals surface area contributed by atoms with Gasteiger partial charge in [-0.25, -0.2) is 9.07 Å². The van der Waals surface area contributed by atoms with E-state index in [-0.39, 0.29) is 11.5 Å². The van der Waals surface area contributed by atoms with E-state index >= 15 is 0 Å². The van der Waals surface area contributed by atoms with E-state index in [4.69, 9.17) is 0 Å². The van der Waals surface area contributed by atoms with Crippen LogP contribution in [-0.4, -0.2) is 44.9 Å². The second kappa shape index (κ2) is 5.05. The molecule has 1 N–H and O–H groups in total. The lowest BCUT2D eigenvalue weighted by molar-refractivity contribution is 0.0764. The monoisotopic (exact) mass is 275 g/mol. The highest BCUT2D eigenvalue weighted by Crippen LogP contribution is 2.18. The fraction of sp³-hybridized carbons (Fsp3) is 0.286. The summed E-state index contributed by atoms with van der Waals surface area (Å²) in [7, 11) is 0. The van der Waals surface area contributed by atoms with Gasteiger partial charge in [0, 0.05) is 31.0 Å². The summed E-state index contributed by atoms with van der Waals surface area (Å²) in [4.78, 5) is 13.7. The van der Waals surface area contributed by atoms with Gasteiger partial charge in [0.2, 0.25) is 0 Å². The fourth-order valence-electron chi connectivity index (χ4n) is 2.35. The van der Waals surface area contributed by atoms with E-state index in [9.17, 15) is 14.3 Å². The van der Waals surface area contributed by atoms with Gasteiger partial charge in [0.1, 0.15) is 11.5 Å². The molecule has 1 fully saturated rings. The molecule has 0 spiro atoms. The number of carbonyl (C=O) groups excluding carboxylic acids is 1. The quantitative estimate of drug-likeness (QED) is 0.896. The lowest BCUT2D eigenvalue weighted by Crippen LogP contribution is -2.29. The highest BCUT2D eigenvalue weighted by Gasteiger charge is 2.25. The largest absolute Gasteiger partial charge is 0.391 e. The number of aromatic nitrogens is 2. The number of carbonyl (C=O) groups is 1. The molecule has 0 aliphatic carbocycles. The molecule has 1 aromatic carbocycles. The van der Waals surface area contributed by atoms with Crippen molar-refractivity contribution in [3.8, 4) is 5.69 Å². The number of amides is 1. The third-order valence-electron chi connectivity index (χ3n) is 3.40. The summed E-state index contributed by atoms with van der Waals surface area (Å²) in [6, 6.07) is 6.02. The minimum atomic E-state index is -0.501. The third-order valence-corrected chi connectivity index (χ3v) is 3.40. The van der Waals surface area contributed by atoms with Gasteiger partial charge < -0.3 is 10.0 Å². The maximum Gasteiger partial charge on any atom is 0.254 e. The Bertz CT molecular complexity index is 627. The Morgan fingerprint density at radius 3 is 2.90 bits per heavy atom. The van der Waals surface area contributed by atoms with Crippen LogP contribution in [0.15, 0.2) is 36.7 Å². The first-order valence-electron chi connectivity index (χ1n) is 6.42. The number of β-amino-alcohol motifs (C(OH)–C–C–N with tert-alkyl or cyclic N) is 1. The first kappa shape index (κ1) is 12.8. The summed E-state index contributed by atoms with van der Waals surface area (Å²) in [6.07, 6.45) is 3.28. The smallest absolute Gasteiger partial charge is 0.254 e. The second-order valence-electron chi connectivity index (χ2n) is 4.81. The van der Waals surface area contributed by atoms with Gasteiger partial charge in [0.05, 0.1) is 6.10 Å². The number of aliphatic hydroxyl groups excluding tert-OH is 1. The van der Waals surface area contributed by atoms with Crippen LogP contribution in [0.5, 0.6) is 0 Å². The lowest BCUT2D eigenvalue weighted by atomic mass is 10.1. The zero-order chi connectivity index (χ0) is 14.1. The van der Waals surface area contributed by atoms with Crippen molar-refractivity contribution in [2.75, 3.05) is 13.1 Å². The predicted molar refractivity (Wildman–Crippen MR) is 70.0 cm³/mol. The number of rotatable bonds is 2. The molecule has 2 heterocycles. The molecule has 3 rings (SSSR count). The number of hydrogen-bond donors (Lipinski definition) is 1. The van der Waals surface area contributed by atoms with Crippen molar-refractivity contribution in [3.63, 3.8) is 0 Å². The summed E-state index contributed by atoms with van der Waals surface area (Å²) in [5, 5.41) is 13.4. The van der Waals surface area contributed by atoms with Crippen LogP contribution >= 0.6 is 0 Å². The van der Waals surface area contributed by atoms with E-state index in [0.29, 0.717) is 25.2 Å². The Balaban J connectivity index is 1.85. The molecule has 1 atom stereocenters. The zero-order valence-corrected chi connectivity index (χ0v) is 10.7. The van der Waals surface area contributed by atoms with Crippen molar-refractivity contribution in [3.05, 3.63) is 48.0 Å². The summed E-state index contributed by atoms with van der Waals surface area (Å²) in [5.41, 5.74) is 0.584. The van der Waals surface area contributed by atoms with Crippen LogP contribution in [0.1, 0.15) is 16.8 Å². The molecule has 0 radical (unpaired) electrons. The topological polar surface area (TPSA) is 58.4 Å². The normalized spacial score (nSPS) is 18.5.